The summed E-state index contributed by atoms with van der Waals surface area (Å²) < 4.78 is 0. The Morgan fingerprint density at radius 1 is 1.38 bits per heavy atom. The fraction of sp³-hybridized carbons (Fsp3) is 0.556. The van der Waals surface area contributed by atoms with E-state index in [0.29, 0.717) is 22.9 Å². The topological polar surface area (TPSA) is 61.8 Å². The molecule has 1 fully saturated rings. The molecular weight excluding hydrogens is 322 g/mol. The quantitative estimate of drug-likeness (QED) is 0.797. The van der Waals surface area contributed by atoms with Crippen LogP contribution in [0, 0.1) is 5.92 Å². The van der Waals surface area contributed by atoms with Crippen molar-refractivity contribution in [1.82, 2.24) is 10.2 Å². The lowest BCUT2D eigenvalue weighted by Gasteiger charge is -2.30. The third-order valence-corrected chi connectivity index (χ3v) is 5.04. The van der Waals surface area contributed by atoms with Gasteiger partial charge in [0.2, 0.25) is 11.0 Å². The Morgan fingerprint density at radius 2 is 2.12 bits per heavy atom. The van der Waals surface area contributed by atoms with Crippen molar-refractivity contribution in [1.29, 1.82) is 0 Å². The predicted octanol–water partition coefficient (Wildman–Crippen LogP) is 2.53. The number of thiocarbonyl (C=S) groups is 1. The zero-order chi connectivity index (χ0) is 17.1. The van der Waals surface area contributed by atoms with Crippen LogP contribution < -0.4 is 5.32 Å². The summed E-state index contributed by atoms with van der Waals surface area (Å²) in [5.74, 6) is -0.561. The summed E-state index contributed by atoms with van der Waals surface area (Å²) in [6.07, 6.45) is 11.7. The van der Waals surface area contributed by atoms with Gasteiger partial charge in [-0.25, -0.2) is 4.99 Å². The van der Waals surface area contributed by atoms with Gasteiger partial charge in [-0.05, 0) is 37.6 Å². The Morgan fingerprint density at radius 3 is 2.83 bits per heavy atom. The molecule has 2 amide bonds. The molecule has 0 saturated heterocycles. The van der Waals surface area contributed by atoms with Crippen molar-refractivity contribution in [2.24, 2.45) is 10.9 Å². The van der Waals surface area contributed by atoms with Crippen LogP contribution in [-0.2, 0) is 9.59 Å². The molecule has 0 bridgehead atoms. The van der Waals surface area contributed by atoms with Gasteiger partial charge in [-0.2, -0.15) is 0 Å². The number of fused-ring (bicyclic) bond motifs is 1. The van der Waals surface area contributed by atoms with Crippen LogP contribution in [-0.4, -0.2) is 40.1 Å². The van der Waals surface area contributed by atoms with Gasteiger partial charge < -0.3 is 5.32 Å². The van der Waals surface area contributed by atoms with E-state index < -0.39 is 5.92 Å². The summed E-state index contributed by atoms with van der Waals surface area (Å²) in [6, 6.07) is 0.259. The standard InChI is InChI=1S/C18H23N3O2S/c1-2-10-21-17(23)14-9-8-12(11-15(14)20-18(21)24)16(22)19-13-6-4-3-5-7-13/h8-9,11,13-14H,2-7,10H2,1H3,(H,19,22). The first-order valence-electron chi connectivity index (χ1n) is 8.75. The maximum atomic E-state index is 12.5. The van der Waals surface area contributed by atoms with Crippen molar-refractivity contribution >= 4 is 34.9 Å². The SMILES string of the molecule is CCCN1C(=O)C2C=CC(C(=O)NC3CCCCC3)=CC2=NC1=S. The monoisotopic (exact) mass is 345 g/mol. The summed E-state index contributed by atoms with van der Waals surface area (Å²) >= 11 is 5.24. The molecule has 3 aliphatic rings. The fourth-order valence-corrected chi connectivity index (χ4v) is 3.71. The second kappa shape index (κ2) is 7.38. The average Bonchev–Trinajstić information content (AvgIpc) is 2.59. The molecular formula is C18H23N3O2S. The molecule has 1 unspecified atom stereocenters. The molecule has 3 rings (SSSR count). The molecule has 1 atom stereocenters. The van der Waals surface area contributed by atoms with Gasteiger partial charge in [-0.3, -0.25) is 14.5 Å². The summed E-state index contributed by atoms with van der Waals surface area (Å²) in [5, 5.41) is 3.39. The second-order valence-corrected chi connectivity index (χ2v) is 6.92. The van der Waals surface area contributed by atoms with Crippen molar-refractivity contribution < 1.29 is 9.59 Å². The molecule has 0 spiro atoms. The summed E-state index contributed by atoms with van der Waals surface area (Å²) in [5.41, 5.74) is 1.13. The number of carbonyl (C=O) groups is 2. The van der Waals surface area contributed by atoms with Crippen molar-refractivity contribution in [3.8, 4) is 0 Å². The minimum Gasteiger partial charge on any atom is -0.349 e. The first kappa shape index (κ1) is 17.0. The Hall–Kier alpha value is -1.82. The van der Waals surface area contributed by atoms with Crippen LogP contribution in [0.25, 0.3) is 0 Å². The minimum atomic E-state index is -0.422. The zero-order valence-corrected chi connectivity index (χ0v) is 14.8. The molecule has 0 radical (unpaired) electrons. The number of allylic oxidation sites excluding steroid dienone is 1. The average molecular weight is 345 g/mol. The van der Waals surface area contributed by atoms with E-state index in [4.69, 9.17) is 12.2 Å². The lowest BCUT2D eigenvalue weighted by atomic mass is 9.91. The molecule has 1 heterocycles. The van der Waals surface area contributed by atoms with Gasteiger partial charge in [-0.1, -0.05) is 38.3 Å². The van der Waals surface area contributed by atoms with E-state index in [1.54, 1.807) is 23.1 Å². The fourth-order valence-electron chi connectivity index (χ4n) is 3.43. The van der Waals surface area contributed by atoms with Crippen LogP contribution in [0.5, 0.6) is 0 Å². The van der Waals surface area contributed by atoms with Gasteiger partial charge >= 0.3 is 0 Å². The van der Waals surface area contributed by atoms with Gasteiger partial charge in [0.05, 0.1) is 11.6 Å². The zero-order valence-electron chi connectivity index (χ0n) is 14.0. The number of nitrogens with zero attached hydrogens (tertiary/aromatic N) is 2. The van der Waals surface area contributed by atoms with Gasteiger partial charge in [-0.15, -0.1) is 0 Å². The van der Waals surface area contributed by atoms with Crippen molar-refractivity contribution in [3.05, 3.63) is 23.8 Å². The van der Waals surface area contributed by atoms with Gasteiger partial charge in [0, 0.05) is 18.2 Å². The number of amides is 2. The van der Waals surface area contributed by atoms with Crippen molar-refractivity contribution in [3.63, 3.8) is 0 Å². The van der Waals surface area contributed by atoms with E-state index in [2.05, 4.69) is 10.3 Å². The molecule has 0 aromatic rings. The number of aliphatic imine (C=N–C) groups is 1. The Balaban J connectivity index is 1.73. The first-order chi connectivity index (χ1) is 11.6. The molecule has 1 aliphatic heterocycles. The maximum Gasteiger partial charge on any atom is 0.251 e. The molecule has 0 aromatic carbocycles. The molecule has 0 aromatic heterocycles. The summed E-state index contributed by atoms with van der Waals surface area (Å²) in [6.45, 7) is 2.58. The number of rotatable bonds is 4. The Bertz CT molecular complexity index is 645. The Labute approximate surface area is 147 Å². The van der Waals surface area contributed by atoms with Crippen molar-refractivity contribution in [2.45, 2.75) is 51.5 Å². The lowest BCUT2D eigenvalue weighted by molar-refractivity contribution is -0.128. The van der Waals surface area contributed by atoms with Crippen LogP contribution in [0.3, 0.4) is 0 Å². The molecule has 5 nitrogen and oxygen atoms in total. The van der Waals surface area contributed by atoms with Gasteiger partial charge in [0.1, 0.15) is 0 Å². The third-order valence-electron chi connectivity index (χ3n) is 4.73. The highest BCUT2D eigenvalue weighted by Gasteiger charge is 2.34. The van der Waals surface area contributed by atoms with Crippen LogP contribution in [0.15, 0.2) is 28.8 Å². The molecule has 1 saturated carbocycles. The van der Waals surface area contributed by atoms with E-state index >= 15 is 0 Å². The highest BCUT2D eigenvalue weighted by atomic mass is 32.1. The van der Waals surface area contributed by atoms with Crippen LogP contribution in [0.4, 0.5) is 0 Å². The molecule has 6 heteroatoms. The lowest BCUT2D eigenvalue weighted by Crippen LogP contribution is -2.46. The first-order valence-corrected chi connectivity index (χ1v) is 9.15. The Kier molecular flexibility index (Phi) is 5.23. The van der Waals surface area contributed by atoms with E-state index in [0.717, 1.165) is 19.3 Å². The number of hydrogen-bond acceptors (Lipinski definition) is 3. The summed E-state index contributed by atoms with van der Waals surface area (Å²) in [4.78, 5) is 30.9. The van der Waals surface area contributed by atoms with Gasteiger partial charge in [0.25, 0.3) is 5.91 Å². The predicted molar refractivity (Wildman–Crippen MR) is 97.8 cm³/mol. The van der Waals surface area contributed by atoms with E-state index in [1.807, 2.05) is 6.92 Å². The normalized spacial score (nSPS) is 24.4. The third kappa shape index (κ3) is 3.48. The number of nitrogens with one attached hydrogen (secondary N) is 1. The maximum absolute atomic E-state index is 12.5. The van der Waals surface area contributed by atoms with E-state index in [9.17, 15) is 9.59 Å². The molecule has 1 N–H and O–H groups in total. The van der Waals surface area contributed by atoms with E-state index in [-0.39, 0.29) is 17.9 Å². The highest BCUT2D eigenvalue weighted by molar-refractivity contribution is 7.80. The van der Waals surface area contributed by atoms with Crippen LogP contribution in [0.2, 0.25) is 0 Å². The minimum absolute atomic E-state index is 0.0499. The molecule has 24 heavy (non-hydrogen) atoms. The molecule has 128 valence electrons. The van der Waals surface area contributed by atoms with Crippen LogP contribution >= 0.6 is 12.2 Å². The largest absolute Gasteiger partial charge is 0.349 e. The molecule has 2 aliphatic carbocycles. The smallest absolute Gasteiger partial charge is 0.251 e. The number of carbonyl (C=O) groups excluding carboxylic acids is 2. The van der Waals surface area contributed by atoms with Gasteiger partial charge in [0.15, 0.2) is 0 Å². The summed E-state index contributed by atoms with van der Waals surface area (Å²) in [7, 11) is 0. The van der Waals surface area contributed by atoms with Crippen molar-refractivity contribution in [2.75, 3.05) is 6.54 Å². The van der Waals surface area contributed by atoms with Crippen LogP contribution in [0.1, 0.15) is 45.4 Å². The second-order valence-electron chi connectivity index (χ2n) is 6.55. The highest BCUT2D eigenvalue weighted by Crippen LogP contribution is 2.23. The van der Waals surface area contributed by atoms with E-state index in [1.165, 1.54) is 19.3 Å². The number of hydrogen-bond donors (Lipinski definition) is 1.